The average molecular weight is 448 g/mol. The highest BCUT2D eigenvalue weighted by Crippen LogP contribution is 2.34. The monoisotopic (exact) mass is 448 g/mol. The molecule has 1 atom stereocenters. The Kier molecular flexibility index (Phi) is 6.32. The van der Waals surface area contributed by atoms with Crippen molar-refractivity contribution in [1.82, 2.24) is 10.0 Å². The van der Waals surface area contributed by atoms with Gasteiger partial charge in [0.2, 0.25) is 0 Å². The highest BCUT2D eigenvalue weighted by Gasteiger charge is 2.34. The number of benzene rings is 1. The Morgan fingerprint density at radius 2 is 1.76 bits per heavy atom. The maximum Gasteiger partial charge on any atom is 0.416 e. The van der Waals surface area contributed by atoms with Crippen LogP contribution in [-0.4, -0.2) is 38.6 Å². The molecule has 1 aromatic heterocycles. The van der Waals surface area contributed by atoms with Gasteiger partial charge in [0.25, 0.3) is 10.0 Å². The first-order valence-electron chi connectivity index (χ1n) is 8.81. The molecule has 0 aliphatic carbocycles. The molecular weight excluding hydrogens is 429 g/mol. The van der Waals surface area contributed by atoms with Gasteiger partial charge >= 0.3 is 12.1 Å². The molecule has 2 heterocycles. The summed E-state index contributed by atoms with van der Waals surface area (Å²) >= 11 is 0.870. The van der Waals surface area contributed by atoms with Crippen molar-refractivity contribution < 1.29 is 31.5 Å². The van der Waals surface area contributed by atoms with Gasteiger partial charge in [0, 0.05) is 4.88 Å². The SMILES string of the molecule is O=C(O)[C@H](NS(=O)(=O)c1ccc(-c2ccc(C(F)(F)F)cc2)s1)C1CCNCC1. The first kappa shape index (κ1) is 21.8. The number of alkyl halides is 3. The maximum absolute atomic E-state index is 12.7. The summed E-state index contributed by atoms with van der Waals surface area (Å²) < 4.78 is 65.6. The van der Waals surface area contributed by atoms with Gasteiger partial charge in [0.15, 0.2) is 0 Å². The van der Waals surface area contributed by atoms with Crippen LogP contribution in [0.3, 0.4) is 0 Å². The Morgan fingerprint density at radius 3 is 2.31 bits per heavy atom. The fourth-order valence-corrected chi connectivity index (χ4v) is 5.78. The molecule has 0 spiro atoms. The molecule has 6 nitrogen and oxygen atoms in total. The molecule has 1 saturated heterocycles. The van der Waals surface area contributed by atoms with Gasteiger partial charge in [-0.15, -0.1) is 11.3 Å². The zero-order valence-corrected chi connectivity index (χ0v) is 16.7. The Hall–Kier alpha value is -1.95. The van der Waals surface area contributed by atoms with E-state index in [9.17, 15) is 31.5 Å². The second-order valence-electron chi connectivity index (χ2n) is 6.72. The van der Waals surface area contributed by atoms with E-state index in [4.69, 9.17) is 0 Å². The standard InChI is InChI=1S/C18H19F3N2O4S2/c19-18(20,21)13-3-1-11(2-4-13)14-5-6-15(28-14)29(26,27)23-16(17(24)25)12-7-9-22-10-8-12/h1-6,12,16,22-23H,7-10H2,(H,24,25)/t16-/m1/s1. The molecule has 0 amide bonds. The van der Waals surface area contributed by atoms with Crippen LogP contribution in [0.1, 0.15) is 18.4 Å². The second-order valence-corrected chi connectivity index (χ2v) is 9.74. The minimum Gasteiger partial charge on any atom is -0.480 e. The van der Waals surface area contributed by atoms with E-state index in [0.717, 1.165) is 23.5 Å². The van der Waals surface area contributed by atoms with Crippen molar-refractivity contribution in [2.45, 2.75) is 29.3 Å². The molecule has 2 aromatic rings. The third-order valence-corrected chi connectivity index (χ3v) is 7.81. The van der Waals surface area contributed by atoms with Gasteiger partial charge in [0.1, 0.15) is 10.3 Å². The maximum atomic E-state index is 12.7. The fraction of sp³-hybridized carbons (Fsp3) is 0.389. The molecule has 29 heavy (non-hydrogen) atoms. The first-order valence-corrected chi connectivity index (χ1v) is 11.1. The topological polar surface area (TPSA) is 95.5 Å². The molecule has 1 aliphatic rings. The lowest BCUT2D eigenvalue weighted by Gasteiger charge is -2.28. The van der Waals surface area contributed by atoms with Crippen LogP contribution in [0.25, 0.3) is 10.4 Å². The normalized spacial score (nSPS) is 17.2. The van der Waals surface area contributed by atoms with E-state index in [-0.39, 0.29) is 10.1 Å². The number of carboxylic acid groups (broad SMARTS) is 1. The van der Waals surface area contributed by atoms with Crippen LogP contribution in [0.2, 0.25) is 0 Å². The Morgan fingerprint density at radius 1 is 1.14 bits per heavy atom. The molecule has 158 valence electrons. The number of carbonyl (C=O) groups is 1. The van der Waals surface area contributed by atoms with E-state index >= 15 is 0 Å². The van der Waals surface area contributed by atoms with E-state index < -0.39 is 33.8 Å². The number of hydrogen-bond acceptors (Lipinski definition) is 5. The summed E-state index contributed by atoms with van der Waals surface area (Å²) in [7, 11) is -4.09. The molecule has 11 heteroatoms. The van der Waals surface area contributed by atoms with E-state index in [0.29, 0.717) is 36.4 Å². The molecule has 0 unspecified atom stereocenters. The summed E-state index contributed by atoms with van der Waals surface area (Å²) in [4.78, 5) is 12.1. The lowest BCUT2D eigenvalue weighted by molar-refractivity contribution is -0.140. The summed E-state index contributed by atoms with van der Waals surface area (Å²) in [6, 6.07) is 5.97. The Balaban J connectivity index is 1.79. The highest BCUT2D eigenvalue weighted by molar-refractivity contribution is 7.91. The number of halogens is 3. The Bertz CT molecular complexity index is 966. The molecule has 3 rings (SSSR count). The van der Waals surface area contributed by atoms with Gasteiger partial charge in [0.05, 0.1) is 5.56 Å². The van der Waals surface area contributed by atoms with Crippen LogP contribution in [0.15, 0.2) is 40.6 Å². The minimum absolute atomic E-state index is 0.0902. The number of rotatable bonds is 6. The van der Waals surface area contributed by atoms with Gasteiger partial charge < -0.3 is 10.4 Å². The van der Waals surface area contributed by atoms with Crippen molar-refractivity contribution in [1.29, 1.82) is 0 Å². The van der Waals surface area contributed by atoms with Crippen LogP contribution in [0.4, 0.5) is 13.2 Å². The van der Waals surface area contributed by atoms with Crippen molar-refractivity contribution in [3.8, 4) is 10.4 Å². The first-order chi connectivity index (χ1) is 13.6. The molecular formula is C18H19F3N2O4S2. The van der Waals surface area contributed by atoms with Crippen molar-refractivity contribution in [3.63, 3.8) is 0 Å². The average Bonchev–Trinajstić information content (AvgIpc) is 3.17. The summed E-state index contributed by atoms with van der Waals surface area (Å²) in [6.07, 6.45) is -3.37. The zero-order valence-electron chi connectivity index (χ0n) is 15.1. The number of hydrogen-bond donors (Lipinski definition) is 3. The molecule has 0 radical (unpaired) electrons. The van der Waals surface area contributed by atoms with Crippen LogP contribution in [-0.2, 0) is 21.0 Å². The Labute approximate surface area is 169 Å². The predicted octanol–water partition coefficient (Wildman–Crippen LogP) is 3.17. The van der Waals surface area contributed by atoms with E-state index in [2.05, 4.69) is 10.0 Å². The van der Waals surface area contributed by atoms with Gasteiger partial charge in [-0.3, -0.25) is 4.79 Å². The third kappa shape index (κ3) is 5.16. The zero-order chi connectivity index (χ0) is 21.2. The van der Waals surface area contributed by atoms with E-state index in [1.54, 1.807) is 0 Å². The van der Waals surface area contributed by atoms with Gasteiger partial charge in [-0.2, -0.15) is 17.9 Å². The number of aliphatic carboxylic acids is 1. The number of thiophene rings is 1. The molecule has 1 aliphatic heterocycles. The van der Waals surface area contributed by atoms with Crippen LogP contribution in [0.5, 0.6) is 0 Å². The van der Waals surface area contributed by atoms with Crippen LogP contribution >= 0.6 is 11.3 Å². The fourth-order valence-electron chi connectivity index (χ4n) is 3.19. The smallest absolute Gasteiger partial charge is 0.416 e. The van der Waals surface area contributed by atoms with Crippen LogP contribution in [0, 0.1) is 5.92 Å². The second kappa shape index (κ2) is 8.42. The van der Waals surface area contributed by atoms with Gasteiger partial charge in [-0.25, -0.2) is 8.42 Å². The van der Waals surface area contributed by atoms with Gasteiger partial charge in [-0.1, -0.05) is 12.1 Å². The number of carboxylic acids is 1. The number of nitrogens with one attached hydrogen (secondary N) is 2. The lowest BCUT2D eigenvalue weighted by atomic mass is 9.91. The summed E-state index contributed by atoms with van der Waals surface area (Å²) in [6.45, 7) is 1.24. The van der Waals surface area contributed by atoms with E-state index in [1.165, 1.54) is 24.3 Å². The van der Waals surface area contributed by atoms with Gasteiger partial charge in [-0.05, 0) is 61.7 Å². The predicted molar refractivity (Wildman–Crippen MR) is 102 cm³/mol. The molecule has 1 fully saturated rings. The van der Waals surface area contributed by atoms with Crippen LogP contribution < -0.4 is 10.0 Å². The largest absolute Gasteiger partial charge is 0.480 e. The van der Waals surface area contributed by atoms with Crippen molar-refractivity contribution >= 4 is 27.3 Å². The molecule has 3 N–H and O–H groups in total. The molecule has 1 aromatic carbocycles. The highest BCUT2D eigenvalue weighted by atomic mass is 32.2. The molecule has 0 saturated carbocycles. The minimum atomic E-state index is -4.45. The van der Waals surface area contributed by atoms with Crippen molar-refractivity contribution in [2.24, 2.45) is 5.92 Å². The number of sulfonamides is 1. The third-order valence-electron chi connectivity index (χ3n) is 4.75. The van der Waals surface area contributed by atoms with Crippen molar-refractivity contribution in [3.05, 3.63) is 42.0 Å². The molecule has 0 bridgehead atoms. The van der Waals surface area contributed by atoms with Crippen molar-refractivity contribution in [2.75, 3.05) is 13.1 Å². The number of piperidine rings is 1. The lowest BCUT2D eigenvalue weighted by Crippen LogP contribution is -2.48. The summed E-state index contributed by atoms with van der Waals surface area (Å²) in [5.41, 5.74) is -0.351. The summed E-state index contributed by atoms with van der Waals surface area (Å²) in [5.74, 6) is -1.56. The van der Waals surface area contributed by atoms with E-state index in [1.807, 2.05) is 0 Å². The summed E-state index contributed by atoms with van der Waals surface area (Å²) in [5, 5.41) is 12.6. The quantitative estimate of drug-likeness (QED) is 0.631.